The van der Waals surface area contributed by atoms with E-state index in [2.05, 4.69) is 87.2 Å². The fourth-order valence-corrected chi connectivity index (χ4v) is 3.60. The predicted octanol–water partition coefficient (Wildman–Crippen LogP) is 5.57. The smallest absolute Gasteiger partial charge is 0.0109 e. The summed E-state index contributed by atoms with van der Waals surface area (Å²) < 4.78 is 0. The fourth-order valence-electron chi connectivity index (χ4n) is 2.73. The molecule has 0 saturated carbocycles. The first-order valence-corrected chi connectivity index (χ1v) is 9.13. The summed E-state index contributed by atoms with van der Waals surface area (Å²) in [5, 5.41) is 1.45. The molecule has 3 rings (SSSR count). The van der Waals surface area contributed by atoms with Gasteiger partial charge in [0.2, 0.25) is 0 Å². The molecular formula is C21H21P. The highest BCUT2D eigenvalue weighted by Crippen LogP contribution is 2.28. The standard InChI is InChI=1S/C21H21P/c1-15-7-10-17(11-8-15)18-5-4-6-19(14-18)20-12-9-16(2)13-21(20)22-3/h4-14,22H,1-3H3. The minimum atomic E-state index is 0.812. The van der Waals surface area contributed by atoms with E-state index in [4.69, 9.17) is 0 Å². The lowest BCUT2D eigenvalue weighted by Crippen LogP contribution is -2.00. The Morgan fingerprint density at radius 2 is 1.32 bits per heavy atom. The van der Waals surface area contributed by atoms with Gasteiger partial charge in [0.1, 0.15) is 0 Å². The van der Waals surface area contributed by atoms with E-state index in [-0.39, 0.29) is 0 Å². The maximum Gasteiger partial charge on any atom is -0.0109 e. The Kier molecular flexibility index (Phi) is 4.41. The van der Waals surface area contributed by atoms with Crippen LogP contribution < -0.4 is 5.30 Å². The first kappa shape index (κ1) is 15.0. The molecule has 0 spiro atoms. The average Bonchev–Trinajstić information content (AvgIpc) is 2.55. The van der Waals surface area contributed by atoms with Crippen molar-refractivity contribution in [3.8, 4) is 22.3 Å². The van der Waals surface area contributed by atoms with E-state index in [9.17, 15) is 0 Å². The van der Waals surface area contributed by atoms with Gasteiger partial charge in [0.15, 0.2) is 0 Å². The molecule has 1 unspecified atom stereocenters. The molecule has 1 atom stereocenters. The molecule has 0 bridgehead atoms. The lowest BCUT2D eigenvalue weighted by Gasteiger charge is -2.11. The third kappa shape index (κ3) is 3.13. The molecule has 0 amide bonds. The highest BCUT2D eigenvalue weighted by atomic mass is 31.1. The Balaban J connectivity index is 2.06. The molecule has 0 fully saturated rings. The van der Waals surface area contributed by atoms with E-state index in [0.29, 0.717) is 0 Å². The highest BCUT2D eigenvalue weighted by molar-refractivity contribution is 7.46. The first-order valence-electron chi connectivity index (χ1n) is 7.63. The van der Waals surface area contributed by atoms with Crippen LogP contribution in [0.5, 0.6) is 0 Å². The Labute approximate surface area is 135 Å². The van der Waals surface area contributed by atoms with Crippen LogP contribution in [0.15, 0.2) is 66.7 Å². The van der Waals surface area contributed by atoms with E-state index in [1.165, 1.54) is 38.7 Å². The molecule has 0 heterocycles. The van der Waals surface area contributed by atoms with Gasteiger partial charge in [0.05, 0.1) is 0 Å². The van der Waals surface area contributed by atoms with Gasteiger partial charge in [-0.05, 0) is 54.1 Å². The van der Waals surface area contributed by atoms with Crippen LogP contribution in [0.25, 0.3) is 22.3 Å². The summed E-state index contributed by atoms with van der Waals surface area (Å²) in [6, 6.07) is 24.4. The quantitative estimate of drug-likeness (QED) is 0.555. The summed E-state index contributed by atoms with van der Waals surface area (Å²) in [7, 11) is 0.812. The first-order chi connectivity index (χ1) is 10.7. The zero-order valence-corrected chi connectivity index (χ0v) is 14.4. The summed E-state index contributed by atoms with van der Waals surface area (Å²) in [6.07, 6.45) is 0. The van der Waals surface area contributed by atoms with E-state index in [1.807, 2.05) is 0 Å². The fraction of sp³-hybridized carbons (Fsp3) is 0.143. The second-order valence-electron chi connectivity index (χ2n) is 5.75. The van der Waals surface area contributed by atoms with Crippen LogP contribution in [-0.4, -0.2) is 6.66 Å². The maximum absolute atomic E-state index is 2.31. The lowest BCUT2D eigenvalue weighted by atomic mass is 9.98. The summed E-state index contributed by atoms with van der Waals surface area (Å²) >= 11 is 0. The summed E-state index contributed by atoms with van der Waals surface area (Å²) in [6.45, 7) is 6.54. The largest absolute Gasteiger partial charge is 0.0929 e. The summed E-state index contributed by atoms with van der Waals surface area (Å²) in [4.78, 5) is 0. The van der Waals surface area contributed by atoms with Crippen LogP contribution in [0.3, 0.4) is 0 Å². The van der Waals surface area contributed by atoms with Crippen molar-refractivity contribution in [3.05, 3.63) is 77.9 Å². The summed E-state index contributed by atoms with van der Waals surface area (Å²) in [5.74, 6) is 0. The van der Waals surface area contributed by atoms with Crippen molar-refractivity contribution in [2.24, 2.45) is 0 Å². The predicted molar refractivity (Wildman–Crippen MR) is 101 cm³/mol. The Morgan fingerprint density at radius 1 is 0.636 bits per heavy atom. The Morgan fingerprint density at radius 3 is 2.05 bits per heavy atom. The highest BCUT2D eigenvalue weighted by Gasteiger charge is 2.06. The molecule has 110 valence electrons. The second-order valence-corrected chi connectivity index (χ2v) is 6.78. The van der Waals surface area contributed by atoms with Crippen molar-refractivity contribution in [3.63, 3.8) is 0 Å². The maximum atomic E-state index is 2.31. The third-order valence-corrected chi connectivity index (χ3v) is 4.96. The van der Waals surface area contributed by atoms with Crippen molar-refractivity contribution in [2.75, 3.05) is 6.66 Å². The van der Waals surface area contributed by atoms with Crippen LogP contribution in [-0.2, 0) is 0 Å². The second kappa shape index (κ2) is 6.46. The molecule has 0 radical (unpaired) electrons. The zero-order valence-electron chi connectivity index (χ0n) is 13.4. The van der Waals surface area contributed by atoms with Crippen LogP contribution >= 0.6 is 8.58 Å². The number of aryl methyl sites for hydroxylation is 2. The molecule has 0 aliphatic rings. The zero-order chi connectivity index (χ0) is 15.5. The van der Waals surface area contributed by atoms with Crippen LogP contribution in [0.4, 0.5) is 0 Å². The van der Waals surface area contributed by atoms with Gasteiger partial charge >= 0.3 is 0 Å². The number of hydrogen-bond acceptors (Lipinski definition) is 0. The summed E-state index contributed by atoms with van der Waals surface area (Å²) in [5.41, 5.74) is 7.86. The van der Waals surface area contributed by atoms with Gasteiger partial charge in [0.25, 0.3) is 0 Å². The molecule has 3 aromatic rings. The molecular weight excluding hydrogens is 283 g/mol. The van der Waals surface area contributed by atoms with E-state index in [1.54, 1.807) is 0 Å². The minimum absolute atomic E-state index is 0.812. The van der Waals surface area contributed by atoms with E-state index < -0.39 is 0 Å². The molecule has 0 aliphatic carbocycles. The normalized spacial score (nSPS) is 11.2. The Hall–Kier alpha value is -1.91. The lowest BCUT2D eigenvalue weighted by molar-refractivity contribution is 1.47. The van der Waals surface area contributed by atoms with Crippen molar-refractivity contribution in [2.45, 2.75) is 13.8 Å². The molecule has 0 N–H and O–H groups in total. The van der Waals surface area contributed by atoms with Crippen LogP contribution in [0.2, 0.25) is 0 Å². The number of hydrogen-bond donors (Lipinski definition) is 0. The molecule has 3 aromatic carbocycles. The topological polar surface area (TPSA) is 0 Å². The van der Waals surface area contributed by atoms with Gasteiger partial charge in [-0.1, -0.05) is 80.4 Å². The molecule has 22 heavy (non-hydrogen) atoms. The average molecular weight is 304 g/mol. The minimum Gasteiger partial charge on any atom is -0.0929 e. The van der Waals surface area contributed by atoms with E-state index in [0.717, 1.165) is 8.58 Å². The van der Waals surface area contributed by atoms with Gasteiger partial charge in [-0.25, -0.2) is 0 Å². The van der Waals surface area contributed by atoms with Crippen LogP contribution in [0, 0.1) is 13.8 Å². The number of rotatable bonds is 3. The van der Waals surface area contributed by atoms with Gasteiger partial charge in [0, 0.05) is 0 Å². The SMILES string of the molecule is CPc1cc(C)ccc1-c1cccc(-c2ccc(C)cc2)c1. The van der Waals surface area contributed by atoms with Crippen molar-refractivity contribution in [1.29, 1.82) is 0 Å². The van der Waals surface area contributed by atoms with Gasteiger partial charge in [-0.3, -0.25) is 0 Å². The van der Waals surface area contributed by atoms with Crippen molar-refractivity contribution < 1.29 is 0 Å². The van der Waals surface area contributed by atoms with E-state index >= 15 is 0 Å². The molecule has 0 aliphatic heterocycles. The molecule has 0 nitrogen and oxygen atoms in total. The van der Waals surface area contributed by atoms with Crippen molar-refractivity contribution in [1.82, 2.24) is 0 Å². The molecule has 0 saturated heterocycles. The number of benzene rings is 3. The monoisotopic (exact) mass is 304 g/mol. The van der Waals surface area contributed by atoms with Gasteiger partial charge in [-0.15, -0.1) is 0 Å². The van der Waals surface area contributed by atoms with Crippen LogP contribution in [0.1, 0.15) is 11.1 Å². The Bertz CT molecular complexity index is 785. The molecule has 1 heteroatoms. The van der Waals surface area contributed by atoms with Crippen molar-refractivity contribution >= 4 is 13.9 Å². The van der Waals surface area contributed by atoms with Gasteiger partial charge < -0.3 is 0 Å². The third-order valence-electron chi connectivity index (χ3n) is 4.00. The van der Waals surface area contributed by atoms with Gasteiger partial charge in [-0.2, -0.15) is 0 Å². The molecule has 0 aromatic heterocycles.